The maximum Gasteiger partial charge on any atom is 0.151 e. The molecule has 0 saturated carbocycles. The first-order chi connectivity index (χ1) is 6.99. The first-order valence-electron chi connectivity index (χ1n) is 5.68. The van der Waals surface area contributed by atoms with Crippen molar-refractivity contribution in [2.75, 3.05) is 31.1 Å². The van der Waals surface area contributed by atoms with Crippen molar-refractivity contribution in [3.63, 3.8) is 0 Å². The molecule has 1 unspecified atom stereocenters. The molecule has 90 valence electrons. The summed E-state index contributed by atoms with van der Waals surface area (Å²) in [6, 6.07) is -0.248. The zero-order chi connectivity index (χ0) is 11.3. The predicted octanol–water partition coefficient (Wildman–Crippen LogP) is 0.234. The zero-order valence-electron chi connectivity index (χ0n) is 9.48. The smallest absolute Gasteiger partial charge is 0.151 e. The summed E-state index contributed by atoms with van der Waals surface area (Å²) >= 11 is 0. The van der Waals surface area contributed by atoms with Crippen LogP contribution in [0.15, 0.2) is 0 Å². The van der Waals surface area contributed by atoms with Gasteiger partial charge < -0.3 is 10.6 Å². The molecule has 1 atom stereocenters. The van der Waals surface area contributed by atoms with E-state index >= 15 is 0 Å². The lowest BCUT2D eigenvalue weighted by Crippen LogP contribution is -2.29. The number of hydrogen-bond acceptors (Lipinski definition) is 4. The Hall–Kier alpha value is -0.130. The van der Waals surface area contributed by atoms with Gasteiger partial charge in [-0.05, 0) is 45.8 Å². The lowest BCUT2D eigenvalue weighted by atomic mass is 10.4. The molecule has 1 heterocycles. The van der Waals surface area contributed by atoms with E-state index < -0.39 is 9.84 Å². The van der Waals surface area contributed by atoms with Crippen molar-refractivity contribution in [2.24, 2.45) is 5.73 Å². The molecule has 0 aromatic rings. The van der Waals surface area contributed by atoms with Gasteiger partial charge in [0.1, 0.15) is 0 Å². The third-order valence-electron chi connectivity index (χ3n) is 2.65. The summed E-state index contributed by atoms with van der Waals surface area (Å²) in [5, 5.41) is 0. The summed E-state index contributed by atoms with van der Waals surface area (Å²) in [5.74, 6) is 0.401. The molecule has 1 saturated heterocycles. The molecule has 1 fully saturated rings. The lowest BCUT2D eigenvalue weighted by molar-refractivity contribution is 0.340. The fraction of sp³-hybridized carbons (Fsp3) is 1.00. The highest BCUT2D eigenvalue weighted by molar-refractivity contribution is 7.91. The van der Waals surface area contributed by atoms with Crippen molar-refractivity contribution in [1.29, 1.82) is 0 Å². The van der Waals surface area contributed by atoms with E-state index in [1.165, 1.54) is 12.8 Å². The van der Waals surface area contributed by atoms with E-state index in [9.17, 15) is 8.42 Å². The largest absolute Gasteiger partial charge is 0.327 e. The van der Waals surface area contributed by atoms with E-state index in [2.05, 4.69) is 4.90 Å². The van der Waals surface area contributed by atoms with Crippen LogP contribution in [-0.4, -0.2) is 50.5 Å². The van der Waals surface area contributed by atoms with Crippen LogP contribution in [0, 0.1) is 0 Å². The second-order valence-electron chi connectivity index (χ2n) is 4.49. The third-order valence-corrected chi connectivity index (χ3v) is 4.59. The molecule has 0 spiro atoms. The maximum absolute atomic E-state index is 11.5. The van der Waals surface area contributed by atoms with Gasteiger partial charge in [0.15, 0.2) is 9.84 Å². The van der Waals surface area contributed by atoms with Crippen LogP contribution in [0.4, 0.5) is 0 Å². The summed E-state index contributed by atoms with van der Waals surface area (Å²) in [6.07, 6.45) is 3.26. The number of likely N-dealkylation sites (tertiary alicyclic amines) is 1. The predicted molar refractivity (Wildman–Crippen MR) is 62.6 cm³/mol. The van der Waals surface area contributed by atoms with Gasteiger partial charge in [-0.25, -0.2) is 8.42 Å². The standard InChI is InChI=1S/C10H22N2O2S/c1-10(11)9-15(13,14)8-4-7-12-5-2-3-6-12/h10H,2-9,11H2,1H3. The number of nitrogens with two attached hydrogens (primary N) is 1. The summed E-state index contributed by atoms with van der Waals surface area (Å²) in [5.41, 5.74) is 5.48. The first kappa shape index (κ1) is 12.9. The van der Waals surface area contributed by atoms with Crippen molar-refractivity contribution < 1.29 is 8.42 Å². The molecule has 0 radical (unpaired) electrons. The van der Waals surface area contributed by atoms with Crippen molar-refractivity contribution in [2.45, 2.75) is 32.2 Å². The molecule has 2 N–H and O–H groups in total. The van der Waals surface area contributed by atoms with Gasteiger partial charge in [-0.2, -0.15) is 0 Å². The Morgan fingerprint density at radius 1 is 1.33 bits per heavy atom. The van der Waals surface area contributed by atoms with Gasteiger partial charge in [0.25, 0.3) is 0 Å². The van der Waals surface area contributed by atoms with Crippen LogP contribution in [0.2, 0.25) is 0 Å². The molecule has 0 bridgehead atoms. The topological polar surface area (TPSA) is 63.4 Å². The zero-order valence-corrected chi connectivity index (χ0v) is 10.3. The average molecular weight is 234 g/mol. The molecule has 1 aliphatic rings. The molecule has 0 amide bonds. The Balaban J connectivity index is 2.18. The fourth-order valence-corrected chi connectivity index (χ4v) is 3.53. The Bertz CT molecular complexity index is 269. The minimum atomic E-state index is -2.92. The lowest BCUT2D eigenvalue weighted by Gasteiger charge is -2.14. The number of sulfone groups is 1. The minimum absolute atomic E-state index is 0.118. The average Bonchev–Trinajstić information content (AvgIpc) is 2.53. The van der Waals surface area contributed by atoms with E-state index in [0.29, 0.717) is 0 Å². The molecule has 0 aromatic heterocycles. The van der Waals surface area contributed by atoms with Gasteiger partial charge in [0.2, 0.25) is 0 Å². The minimum Gasteiger partial charge on any atom is -0.327 e. The molecule has 15 heavy (non-hydrogen) atoms. The van der Waals surface area contributed by atoms with E-state index in [-0.39, 0.29) is 17.5 Å². The molecular formula is C10H22N2O2S. The quantitative estimate of drug-likeness (QED) is 0.715. The monoisotopic (exact) mass is 234 g/mol. The highest BCUT2D eigenvalue weighted by Gasteiger charge is 2.15. The SMILES string of the molecule is CC(N)CS(=O)(=O)CCCN1CCCC1. The molecular weight excluding hydrogens is 212 g/mol. The van der Waals surface area contributed by atoms with Gasteiger partial charge >= 0.3 is 0 Å². The maximum atomic E-state index is 11.5. The summed E-state index contributed by atoms with van der Waals surface area (Å²) in [7, 11) is -2.92. The fourth-order valence-electron chi connectivity index (χ4n) is 2.00. The second-order valence-corrected chi connectivity index (χ2v) is 6.72. The first-order valence-corrected chi connectivity index (χ1v) is 7.50. The van der Waals surface area contributed by atoms with Crippen LogP contribution < -0.4 is 5.73 Å². The molecule has 0 aliphatic carbocycles. The van der Waals surface area contributed by atoms with Crippen LogP contribution >= 0.6 is 0 Å². The Morgan fingerprint density at radius 2 is 1.93 bits per heavy atom. The van der Waals surface area contributed by atoms with Crippen LogP contribution in [-0.2, 0) is 9.84 Å². The summed E-state index contributed by atoms with van der Waals surface area (Å²) < 4.78 is 23.0. The summed E-state index contributed by atoms with van der Waals surface area (Å²) in [6.45, 7) is 4.91. The van der Waals surface area contributed by atoms with Crippen molar-refractivity contribution in [3.05, 3.63) is 0 Å². The second kappa shape index (κ2) is 5.82. The van der Waals surface area contributed by atoms with Crippen LogP contribution in [0.25, 0.3) is 0 Å². The Kier molecular flexibility index (Phi) is 5.02. The molecule has 1 aliphatic heterocycles. The third kappa shape index (κ3) is 5.49. The van der Waals surface area contributed by atoms with Gasteiger partial charge in [-0.1, -0.05) is 0 Å². The molecule has 4 nitrogen and oxygen atoms in total. The normalized spacial score (nSPS) is 20.7. The number of nitrogens with zero attached hydrogens (tertiary/aromatic N) is 1. The van der Waals surface area contributed by atoms with Gasteiger partial charge in [0.05, 0.1) is 11.5 Å². The van der Waals surface area contributed by atoms with Crippen molar-refractivity contribution in [3.8, 4) is 0 Å². The van der Waals surface area contributed by atoms with Crippen LogP contribution in [0.5, 0.6) is 0 Å². The van der Waals surface area contributed by atoms with Crippen LogP contribution in [0.3, 0.4) is 0 Å². The molecule has 0 aromatic carbocycles. The van der Waals surface area contributed by atoms with Gasteiger partial charge in [0, 0.05) is 6.04 Å². The van der Waals surface area contributed by atoms with E-state index in [4.69, 9.17) is 5.73 Å². The number of rotatable bonds is 6. The van der Waals surface area contributed by atoms with E-state index in [1.807, 2.05) is 0 Å². The Labute approximate surface area is 92.7 Å². The van der Waals surface area contributed by atoms with Gasteiger partial charge in [-0.15, -0.1) is 0 Å². The van der Waals surface area contributed by atoms with E-state index in [0.717, 1.165) is 26.1 Å². The Morgan fingerprint density at radius 3 is 2.47 bits per heavy atom. The van der Waals surface area contributed by atoms with E-state index in [1.54, 1.807) is 6.92 Å². The van der Waals surface area contributed by atoms with Crippen molar-refractivity contribution >= 4 is 9.84 Å². The highest BCUT2D eigenvalue weighted by Crippen LogP contribution is 2.08. The van der Waals surface area contributed by atoms with Crippen molar-refractivity contribution in [1.82, 2.24) is 4.90 Å². The summed E-state index contributed by atoms with van der Waals surface area (Å²) in [4.78, 5) is 2.33. The van der Waals surface area contributed by atoms with Crippen LogP contribution in [0.1, 0.15) is 26.2 Å². The number of hydrogen-bond donors (Lipinski definition) is 1. The molecule has 1 rings (SSSR count). The van der Waals surface area contributed by atoms with Gasteiger partial charge in [-0.3, -0.25) is 0 Å². The highest BCUT2D eigenvalue weighted by atomic mass is 32.2. The molecule has 5 heteroatoms.